The van der Waals surface area contributed by atoms with Crippen LogP contribution in [0.15, 0.2) is 30.4 Å². The van der Waals surface area contributed by atoms with Crippen molar-refractivity contribution in [3.63, 3.8) is 0 Å². The van der Waals surface area contributed by atoms with E-state index in [0.29, 0.717) is 0 Å². The minimum Gasteiger partial charge on any atom is -0.0845 e. The Hall–Kier alpha value is -0.780. The van der Waals surface area contributed by atoms with E-state index in [1.165, 1.54) is 38.5 Å². The molecule has 0 N–H and O–H groups in total. The number of allylic oxidation sites excluding steroid dienone is 6. The van der Waals surface area contributed by atoms with Crippen molar-refractivity contribution >= 4 is 0 Å². The molecule has 0 aromatic heterocycles. The Morgan fingerprint density at radius 2 is 1.67 bits per heavy atom. The van der Waals surface area contributed by atoms with Gasteiger partial charge in [0.2, 0.25) is 0 Å². The average molecular weight is 161 g/mol. The zero-order valence-corrected chi connectivity index (χ0v) is 7.63. The van der Waals surface area contributed by atoms with Crippen molar-refractivity contribution in [3.05, 3.63) is 36.5 Å². The van der Waals surface area contributed by atoms with Crippen LogP contribution in [-0.4, -0.2) is 0 Å². The molecule has 0 nitrogen and oxygen atoms in total. The summed E-state index contributed by atoms with van der Waals surface area (Å²) in [5.74, 6) is 0. The number of hydrogen-bond donors (Lipinski definition) is 0. The molecule has 0 fully saturated rings. The maximum atomic E-state index is 3.15. The topological polar surface area (TPSA) is 0 Å². The fraction of sp³-hybridized carbons (Fsp3) is 0.500. The van der Waals surface area contributed by atoms with Gasteiger partial charge in [-0.15, -0.1) is 0 Å². The van der Waals surface area contributed by atoms with Gasteiger partial charge in [0.1, 0.15) is 0 Å². The monoisotopic (exact) mass is 161 g/mol. The van der Waals surface area contributed by atoms with Crippen LogP contribution in [0.4, 0.5) is 0 Å². The third-order valence-corrected chi connectivity index (χ3v) is 2.03. The standard InChI is InChI=1S/C12H17/c1-2-4-6-8-10-12-11-9-7-5-3-1/h1-4,8H,5,7,9-12H2/b3-1-,4-2-,8-6?. The van der Waals surface area contributed by atoms with E-state index in [-0.39, 0.29) is 0 Å². The molecular weight excluding hydrogens is 144 g/mol. The van der Waals surface area contributed by atoms with Crippen molar-refractivity contribution in [1.29, 1.82) is 0 Å². The van der Waals surface area contributed by atoms with E-state index < -0.39 is 0 Å². The molecule has 0 heterocycles. The Bertz CT molecular complexity index is 152. The molecule has 65 valence electrons. The van der Waals surface area contributed by atoms with Crippen LogP contribution in [0.2, 0.25) is 0 Å². The first-order valence-corrected chi connectivity index (χ1v) is 4.89. The summed E-state index contributed by atoms with van der Waals surface area (Å²) in [6.45, 7) is 0. The first-order valence-electron chi connectivity index (χ1n) is 4.89. The maximum absolute atomic E-state index is 3.15. The van der Waals surface area contributed by atoms with E-state index >= 15 is 0 Å². The zero-order valence-electron chi connectivity index (χ0n) is 7.63. The fourth-order valence-corrected chi connectivity index (χ4v) is 1.30. The molecule has 1 aliphatic carbocycles. The summed E-state index contributed by atoms with van der Waals surface area (Å²) in [5, 5.41) is 0. The molecule has 1 rings (SSSR count). The lowest BCUT2D eigenvalue weighted by atomic mass is 10.1. The second-order valence-corrected chi connectivity index (χ2v) is 3.15. The van der Waals surface area contributed by atoms with Crippen molar-refractivity contribution in [2.24, 2.45) is 0 Å². The summed E-state index contributed by atoms with van der Waals surface area (Å²) in [6.07, 6.45) is 21.5. The Balaban J connectivity index is 2.32. The van der Waals surface area contributed by atoms with Crippen molar-refractivity contribution in [1.82, 2.24) is 0 Å². The van der Waals surface area contributed by atoms with Gasteiger partial charge in [-0.05, 0) is 31.8 Å². The molecule has 0 aliphatic heterocycles. The fourth-order valence-electron chi connectivity index (χ4n) is 1.30. The van der Waals surface area contributed by atoms with E-state index in [4.69, 9.17) is 0 Å². The van der Waals surface area contributed by atoms with Gasteiger partial charge in [0.25, 0.3) is 0 Å². The van der Waals surface area contributed by atoms with Crippen LogP contribution in [0.1, 0.15) is 38.5 Å². The summed E-state index contributed by atoms with van der Waals surface area (Å²) < 4.78 is 0. The molecule has 0 aromatic rings. The summed E-state index contributed by atoms with van der Waals surface area (Å²) >= 11 is 0. The van der Waals surface area contributed by atoms with Gasteiger partial charge in [0.05, 0.1) is 0 Å². The van der Waals surface area contributed by atoms with Crippen molar-refractivity contribution in [2.75, 3.05) is 0 Å². The molecule has 0 bridgehead atoms. The first-order chi connectivity index (χ1) is 6.00. The number of rotatable bonds is 0. The lowest BCUT2D eigenvalue weighted by Crippen LogP contribution is -1.77. The quantitative estimate of drug-likeness (QED) is 0.506. The first kappa shape index (κ1) is 9.31. The molecule has 1 radical (unpaired) electrons. The smallest absolute Gasteiger partial charge is 0.0227 e. The molecule has 1 aliphatic rings. The van der Waals surface area contributed by atoms with Crippen LogP contribution in [0.3, 0.4) is 0 Å². The van der Waals surface area contributed by atoms with Crippen molar-refractivity contribution in [3.8, 4) is 0 Å². The van der Waals surface area contributed by atoms with Gasteiger partial charge in [-0.25, -0.2) is 0 Å². The Kier molecular flexibility index (Phi) is 5.35. The SMILES string of the molecule is [C]1=C\CCCCCC\C=C/C=C\1. The van der Waals surface area contributed by atoms with E-state index in [1.807, 2.05) is 6.08 Å². The van der Waals surface area contributed by atoms with Gasteiger partial charge in [-0.2, -0.15) is 0 Å². The van der Waals surface area contributed by atoms with E-state index in [1.54, 1.807) is 0 Å². The van der Waals surface area contributed by atoms with Crippen LogP contribution in [-0.2, 0) is 0 Å². The summed E-state index contributed by atoms with van der Waals surface area (Å²) in [7, 11) is 0. The largest absolute Gasteiger partial charge is 0.0845 e. The lowest BCUT2D eigenvalue weighted by Gasteiger charge is -1.96. The Morgan fingerprint density at radius 3 is 2.58 bits per heavy atom. The highest BCUT2D eigenvalue weighted by Gasteiger charge is 1.87. The molecule has 0 unspecified atom stereocenters. The second-order valence-electron chi connectivity index (χ2n) is 3.15. The van der Waals surface area contributed by atoms with Crippen LogP contribution in [0, 0.1) is 6.08 Å². The van der Waals surface area contributed by atoms with Crippen LogP contribution < -0.4 is 0 Å². The van der Waals surface area contributed by atoms with Crippen molar-refractivity contribution < 1.29 is 0 Å². The molecule has 0 saturated heterocycles. The van der Waals surface area contributed by atoms with E-state index in [0.717, 1.165) is 0 Å². The summed E-state index contributed by atoms with van der Waals surface area (Å²) in [6, 6.07) is 0. The predicted molar refractivity (Wildman–Crippen MR) is 53.8 cm³/mol. The van der Waals surface area contributed by atoms with Crippen molar-refractivity contribution in [2.45, 2.75) is 38.5 Å². The molecule has 0 spiro atoms. The van der Waals surface area contributed by atoms with Gasteiger partial charge in [-0.1, -0.05) is 43.2 Å². The molecule has 0 aromatic carbocycles. The lowest BCUT2D eigenvalue weighted by molar-refractivity contribution is 0.652. The van der Waals surface area contributed by atoms with Gasteiger partial charge in [0, 0.05) is 0 Å². The number of hydrogen-bond acceptors (Lipinski definition) is 0. The molecular formula is C12H17. The minimum absolute atomic E-state index is 1.19. The van der Waals surface area contributed by atoms with Gasteiger partial charge < -0.3 is 0 Å². The summed E-state index contributed by atoms with van der Waals surface area (Å²) in [5.41, 5.74) is 0. The molecule has 0 amide bonds. The molecule has 0 atom stereocenters. The normalized spacial score (nSPS) is 28.0. The van der Waals surface area contributed by atoms with Crippen LogP contribution in [0.25, 0.3) is 0 Å². The molecule has 0 saturated carbocycles. The highest BCUT2D eigenvalue weighted by atomic mass is 13.9. The average Bonchev–Trinajstić information content (AvgIpc) is 2.05. The third-order valence-electron chi connectivity index (χ3n) is 2.03. The summed E-state index contributed by atoms with van der Waals surface area (Å²) in [4.78, 5) is 0. The maximum Gasteiger partial charge on any atom is -0.0227 e. The second kappa shape index (κ2) is 6.90. The predicted octanol–water partition coefficient (Wildman–Crippen LogP) is 3.81. The molecule has 12 heavy (non-hydrogen) atoms. The van der Waals surface area contributed by atoms with Gasteiger partial charge >= 0.3 is 0 Å². The molecule has 0 heteroatoms. The van der Waals surface area contributed by atoms with Gasteiger partial charge in [0.15, 0.2) is 0 Å². The van der Waals surface area contributed by atoms with E-state index in [9.17, 15) is 0 Å². The highest BCUT2D eigenvalue weighted by Crippen LogP contribution is 2.06. The minimum atomic E-state index is 1.19. The zero-order chi connectivity index (χ0) is 8.49. The Morgan fingerprint density at radius 1 is 0.833 bits per heavy atom. The van der Waals surface area contributed by atoms with Crippen LogP contribution >= 0.6 is 0 Å². The highest BCUT2D eigenvalue weighted by molar-refractivity contribution is 5.07. The van der Waals surface area contributed by atoms with E-state index in [2.05, 4.69) is 30.4 Å². The van der Waals surface area contributed by atoms with Crippen LogP contribution in [0.5, 0.6) is 0 Å². The van der Waals surface area contributed by atoms with Gasteiger partial charge in [-0.3, -0.25) is 0 Å². The third kappa shape index (κ3) is 4.95. The Labute approximate surface area is 75.7 Å².